The maximum absolute atomic E-state index is 10.3. The monoisotopic (exact) mass is 226 g/mol. The molecule has 0 radical (unpaired) electrons. The van der Waals surface area contributed by atoms with E-state index in [4.69, 9.17) is 5.11 Å². The highest BCUT2D eigenvalue weighted by Gasteiger charge is 2.07. The van der Waals surface area contributed by atoms with Gasteiger partial charge in [0, 0.05) is 13.2 Å². The standard InChI is InChI=1S/C9H14N4O3/c1-7(2-3-14)4-10-9-11-5-8(6-12-9)13(15)16/h5-7,14H,2-4H2,1H3,(H,10,11,12). The summed E-state index contributed by atoms with van der Waals surface area (Å²) in [6.07, 6.45) is 3.01. The van der Waals surface area contributed by atoms with Gasteiger partial charge in [-0.05, 0) is 12.3 Å². The molecule has 0 fully saturated rings. The van der Waals surface area contributed by atoms with Gasteiger partial charge >= 0.3 is 5.69 Å². The molecule has 16 heavy (non-hydrogen) atoms. The van der Waals surface area contributed by atoms with Crippen LogP contribution in [0.3, 0.4) is 0 Å². The van der Waals surface area contributed by atoms with Crippen LogP contribution in [0.25, 0.3) is 0 Å². The van der Waals surface area contributed by atoms with Crippen LogP contribution in [-0.4, -0.2) is 33.1 Å². The number of nitro groups is 1. The summed E-state index contributed by atoms with van der Waals surface area (Å²) in [5.74, 6) is 0.652. The quantitative estimate of drug-likeness (QED) is 0.550. The number of rotatable bonds is 6. The van der Waals surface area contributed by atoms with Crippen molar-refractivity contribution in [2.24, 2.45) is 5.92 Å². The molecule has 1 unspecified atom stereocenters. The molecule has 7 nitrogen and oxygen atoms in total. The molecule has 1 heterocycles. The maximum Gasteiger partial charge on any atom is 0.305 e. The fraction of sp³-hybridized carbons (Fsp3) is 0.556. The Labute approximate surface area is 92.7 Å². The van der Waals surface area contributed by atoms with Crippen LogP contribution in [0, 0.1) is 16.0 Å². The first-order chi connectivity index (χ1) is 7.63. The fourth-order valence-electron chi connectivity index (χ4n) is 1.09. The Morgan fingerprint density at radius 1 is 1.56 bits per heavy atom. The van der Waals surface area contributed by atoms with Crippen molar-refractivity contribution in [3.63, 3.8) is 0 Å². The lowest BCUT2D eigenvalue weighted by Crippen LogP contribution is -2.14. The average molecular weight is 226 g/mol. The second-order valence-electron chi connectivity index (χ2n) is 3.52. The molecular formula is C9H14N4O3. The third-order valence-electron chi connectivity index (χ3n) is 2.08. The fourth-order valence-corrected chi connectivity index (χ4v) is 1.09. The summed E-state index contributed by atoms with van der Waals surface area (Å²) < 4.78 is 0. The molecule has 0 spiro atoms. The Morgan fingerprint density at radius 3 is 2.69 bits per heavy atom. The Balaban J connectivity index is 2.46. The van der Waals surface area contributed by atoms with E-state index in [1.165, 1.54) is 0 Å². The van der Waals surface area contributed by atoms with Gasteiger partial charge in [-0.3, -0.25) is 10.1 Å². The molecule has 0 aliphatic heterocycles. The van der Waals surface area contributed by atoms with E-state index < -0.39 is 4.92 Å². The topological polar surface area (TPSA) is 101 Å². The highest BCUT2D eigenvalue weighted by atomic mass is 16.6. The molecule has 7 heteroatoms. The van der Waals surface area contributed by atoms with Crippen molar-refractivity contribution in [2.45, 2.75) is 13.3 Å². The van der Waals surface area contributed by atoms with E-state index in [2.05, 4.69) is 15.3 Å². The number of nitrogens with one attached hydrogen (secondary N) is 1. The van der Waals surface area contributed by atoms with Crippen molar-refractivity contribution >= 4 is 11.6 Å². The van der Waals surface area contributed by atoms with Gasteiger partial charge in [0.25, 0.3) is 0 Å². The summed E-state index contributed by atoms with van der Waals surface area (Å²) in [5, 5.41) is 22.0. The Bertz CT molecular complexity index is 341. The zero-order valence-corrected chi connectivity index (χ0v) is 8.96. The van der Waals surface area contributed by atoms with Crippen molar-refractivity contribution in [1.82, 2.24) is 9.97 Å². The highest BCUT2D eigenvalue weighted by molar-refractivity contribution is 5.30. The van der Waals surface area contributed by atoms with Gasteiger partial charge in [-0.1, -0.05) is 6.92 Å². The molecule has 0 aliphatic rings. The van der Waals surface area contributed by atoms with E-state index in [0.717, 1.165) is 12.4 Å². The molecule has 1 aromatic rings. The number of hydrogen-bond acceptors (Lipinski definition) is 6. The average Bonchev–Trinajstić information content (AvgIpc) is 2.27. The minimum atomic E-state index is -0.543. The predicted octanol–water partition coefficient (Wildman–Crippen LogP) is 0.815. The first-order valence-electron chi connectivity index (χ1n) is 4.94. The smallest absolute Gasteiger partial charge is 0.305 e. The van der Waals surface area contributed by atoms with Crippen molar-refractivity contribution in [3.05, 3.63) is 22.5 Å². The predicted molar refractivity (Wildman–Crippen MR) is 58.0 cm³/mol. The lowest BCUT2D eigenvalue weighted by molar-refractivity contribution is -0.385. The molecule has 1 rings (SSSR count). The van der Waals surface area contributed by atoms with Gasteiger partial charge in [0.1, 0.15) is 12.4 Å². The summed E-state index contributed by atoms with van der Waals surface area (Å²) >= 11 is 0. The van der Waals surface area contributed by atoms with Crippen LogP contribution in [0.5, 0.6) is 0 Å². The first kappa shape index (κ1) is 12.3. The molecule has 0 aromatic carbocycles. The molecule has 1 aromatic heterocycles. The molecule has 2 N–H and O–H groups in total. The zero-order valence-electron chi connectivity index (χ0n) is 8.96. The van der Waals surface area contributed by atoms with Crippen molar-refractivity contribution in [3.8, 4) is 0 Å². The van der Waals surface area contributed by atoms with Gasteiger partial charge in [0.15, 0.2) is 0 Å². The second kappa shape index (κ2) is 5.96. The molecule has 88 valence electrons. The number of aromatic nitrogens is 2. The molecule has 0 saturated carbocycles. The minimum absolute atomic E-state index is 0.131. The molecule has 0 amide bonds. The third kappa shape index (κ3) is 3.77. The van der Waals surface area contributed by atoms with Crippen LogP contribution in [0.4, 0.5) is 11.6 Å². The lowest BCUT2D eigenvalue weighted by atomic mass is 10.1. The first-order valence-corrected chi connectivity index (χ1v) is 4.94. The highest BCUT2D eigenvalue weighted by Crippen LogP contribution is 2.09. The summed E-state index contributed by atoms with van der Waals surface area (Å²) in [7, 11) is 0. The SMILES string of the molecule is CC(CCO)CNc1ncc([N+](=O)[O-])cn1. The largest absolute Gasteiger partial charge is 0.396 e. The van der Waals surface area contributed by atoms with E-state index in [1.54, 1.807) is 0 Å². The van der Waals surface area contributed by atoms with Crippen LogP contribution in [0.15, 0.2) is 12.4 Å². The lowest BCUT2D eigenvalue weighted by Gasteiger charge is -2.10. The summed E-state index contributed by atoms with van der Waals surface area (Å²) in [5.41, 5.74) is -0.131. The van der Waals surface area contributed by atoms with E-state index in [9.17, 15) is 10.1 Å². The van der Waals surface area contributed by atoms with Crippen LogP contribution in [0.2, 0.25) is 0 Å². The molecule has 1 atom stereocenters. The number of nitrogens with zero attached hydrogens (tertiary/aromatic N) is 3. The van der Waals surface area contributed by atoms with Crippen molar-refractivity contribution in [2.75, 3.05) is 18.5 Å². The van der Waals surface area contributed by atoms with Crippen molar-refractivity contribution in [1.29, 1.82) is 0 Å². The van der Waals surface area contributed by atoms with Gasteiger partial charge in [-0.25, -0.2) is 9.97 Å². The van der Waals surface area contributed by atoms with Crippen LogP contribution in [0.1, 0.15) is 13.3 Å². The van der Waals surface area contributed by atoms with E-state index >= 15 is 0 Å². The molecule has 0 aliphatic carbocycles. The van der Waals surface area contributed by atoms with Gasteiger partial charge < -0.3 is 10.4 Å². The summed E-state index contributed by atoms with van der Waals surface area (Å²) in [6, 6.07) is 0. The van der Waals surface area contributed by atoms with Gasteiger partial charge in [-0.15, -0.1) is 0 Å². The van der Waals surface area contributed by atoms with Crippen molar-refractivity contribution < 1.29 is 10.0 Å². The number of hydrogen-bond donors (Lipinski definition) is 2. The number of aliphatic hydroxyl groups excluding tert-OH is 1. The van der Waals surface area contributed by atoms with Gasteiger partial charge in [0.05, 0.1) is 4.92 Å². The molecular weight excluding hydrogens is 212 g/mol. The van der Waals surface area contributed by atoms with E-state index in [-0.39, 0.29) is 12.3 Å². The second-order valence-corrected chi connectivity index (χ2v) is 3.52. The summed E-state index contributed by atoms with van der Waals surface area (Å²) in [6.45, 7) is 2.75. The summed E-state index contributed by atoms with van der Waals surface area (Å²) in [4.78, 5) is 17.4. The Morgan fingerprint density at radius 2 is 2.19 bits per heavy atom. The Kier molecular flexibility index (Phi) is 4.59. The van der Waals surface area contributed by atoms with Gasteiger partial charge in [-0.2, -0.15) is 0 Å². The maximum atomic E-state index is 10.3. The number of anilines is 1. The molecule has 0 saturated heterocycles. The zero-order chi connectivity index (χ0) is 12.0. The van der Waals surface area contributed by atoms with Crippen LogP contribution >= 0.6 is 0 Å². The minimum Gasteiger partial charge on any atom is -0.396 e. The molecule has 0 bridgehead atoms. The van der Waals surface area contributed by atoms with Crippen LogP contribution in [-0.2, 0) is 0 Å². The van der Waals surface area contributed by atoms with Crippen LogP contribution < -0.4 is 5.32 Å². The van der Waals surface area contributed by atoms with Gasteiger partial charge in [0.2, 0.25) is 5.95 Å². The van der Waals surface area contributed by atoms with E-state index in [0.29, 0.717) is 24.8 Å². The Hall–Kier alpha value is -1.76. The van der Waals surface area contributed by atoms with E-state index in [1.807, 2.05) is 6.92 Å². The number of aliphatic hydroxyl groups is 1. The third-order valence-corrected chi connectivity index (χ3v) is 2.08. The normalized spacial score (nSPS) is 12.1.